The lowest BCUT2D eigenvalue weighted by Crippen LogP contribution is -1.96. The number of hydrogen-bond donors (Lipinski definition) is 0. The third-order valence-electron chi connectivity index (χ3n) is 7.20. The van der Waals surface area contributed by atoms with Crippen molar-refractivity contribution in [1.29, 1.82) is 0 Å². The number of para-hydroxylation sites is 3. The highest BCUT2D eigenvalue weighted by Crippen LogP contribution is 2.39. The average Bonchev–Trinajstić information content (AvgIpc) is 3.75. The summed E-state index contributed by atoms with van der Waals surface area (Å²) in [5, 5.41) is 4.51. The minimum atomic E-state index is 0.622. The lowest BCUT2D eigenvalue weighted by molar-refractivity contribution is 0.620. The smallest absolute Gasteiger partial charge is 0.227 e. The second-order valence-corrected chi connectivity index (χ2v) is 10.4. The first kappa shape index (κ1) is 22.0. The van der Waals surface area contributed by atoms with Crippen LogP contribution in [0.1, 0.15) is 0 Å². The predicted molar refractivity (Wildman–Crippen MR) is 160 cm³/mol. The number of rotatable bonds is 4. The molecule has 8 aromatic rings. The predicted octanol–water partition coefficient (Wildman–Crippen LogP) is 9.38. The summed E-state index contributed by atoms with van der Waals surface area (Å²) in [6.45, 7) is 0. The van der Waals surface area contributed by atoms with Gasteiger partial charge in [0.25, 0.3) is 0 Å². The minimum Gasteiger partial charge on any atom is -0.436 e. The summed E-state index contributed by atoms with van der Waals surface area (Å²) < 4.78 is 8.46. The fourth-order valence-electron chi connectivity index (χ4n) is 5.43. The summed E-state index contributed by atoms with van der Waals surface area (Å²) in [4.78, 5) is 10.7. The Bertz CT molecular complexity index is 2090. The van der Waals surface area contributed by atoms with E-state index in [2.05, 4.69) is 88.8 Å². The zero-order valence-corrected chi connectivity index (χ0v) is 21.6. The molecule has 0 fully saturated rings. The molecule has 0 unspecified atom stereocenters. The van der Waals surface area contributed by atoms with Gasteiger partial charge in [0, 0.05) is 44.2 Å². The third-order valence-corrected chi connectivity index (χ3v) is 8.11. The maximum atomic E-state index is 6.13. The highest BCUT2D eigenvalue weighted by molar-refractivity contribution is 7.13. The molecule has 0 atom stereocenters. The second kappa shape index (κ2) is 8.79. The Kier molecular flexibility index (Phi) is 4.96. The summed E-state index contributed by atoms with van der Waals surface area (Å²) in [7, 11) is 0. The van der Waals surface area contributed by atoms with E-state index >= 15 is 0 Å². The molecule has 4 aromatic carbocycles. The average molecular weight is 520 g/mol. The van der Waals surface area contributed by atoms with E-state index < -0.39 is 0 Å². The summed E-state index contributed by atoms with van der Waals surface area (Å²) in [6, 6.07) is 39.9. The zero-order chi connectivity index (χ0) is 25.8. The van der Waals surface area contributed by atoms with Gasteiger partial charge in [-0.05, 0) is 66.0 Å². The van der Waals surface area contributed by atoms with E-state index in [1.807, 2.05) is 42.6 Å². The molecule has 0 aliphatic carbocycles. The van der Waals surface area contributed by atoms with Crippen molar-refractivity contribution in [2.45, 2.75) is 0 Å². The van der Waals surface area contributed by atoms with Crippen molar-refractivity contribution in [2.24, 2.45) is 0 Å². The van der Waals surface area contributed by atoms with Crippen molar-refractivity contribution in [3.8, 4) is 38.8 Å². The molecular formula is C34H21N3OS. The van der Waals surface area contributed by atoms with E-state index in [9.17, 15) is 0 Å². The van der Waals surface area contributed by atoms with Gasteiger partial charge >= 0.3 is 0 Å². The Balaban J connectivity index is 1.39. The summed E-state index contributed by atoms with van der Waals surface area (Å²) in [5.74, 6) is 0.622. The van der Waals surface area contributed by atoms with E-state index in [1.54, 1.807) is 11.3 Å². The summed E-state index contributed by atoms with van der Waals surface area (Å²) in [5.41, 5.74) is 9.17. The van der Waals surface area contributed by atoms with Crippen LogP contribution in [0.25, 0.3) is 71.7 Å². The third kappa shape index (κ3) is 3.59. The summed E-state index contributed by atoms with van der Waals surface area (Å²) >= 11 is 1.74. The largest absolute Gasteiger partial charge is 0.436 e. The molecule has 0 bridgehead atoms. The molecular weight excluding hydrogens is 498 g/mol. The molecule has 4 aromatic heterocycles. The highest BCUT2D eigenvalue weighted by atomic mass is 32.1. The van der Waals surface area contributed by atoms with Gasteiger partial charge in [-0.3, -0.25) is 4.98 Å². The van der Waals surface area contributed by atoms with Crippen LogP contribution in [-0.4, -0.2) is 14.5 Å². The quantitative estimate of drug-likeness (QED) is 0.233. The molecule has 0 N–H and O–H groups in total. The molecule has 0 aliphatic rings. The molecule has 0 saturated carbocycles. The van der Waals surface area contributed by atoms with Crippen LogP contribution in [-0.2, 0) is 0 Å². The van der Waals surface area contributed by atoms with Crippen LogP contribution in [0.2, 0.25) is 0 Å². The van der Waals surface area contributed by atoms with Crippen molar-refractivity contribution in [3.63, 3.8) is 0 Å². The van der Waals surface area contributed by atoms with Crippen LogP contribution < -0.4 is 0 Å². The molecule has 4 heterocycles. The Morgan fingerprint density at radius 3 is 2.41 bits per heavy atom. The van der Waals surface area contributed by atoms with Crippen molar-refractivity contribution in [2.75, 3.05) is 0 Å². The number of aromatic nitrogens is 3. The fourth-order valence-corrected chi connectivity index (χ4v) is 6.20. The number of nitrogens with zero attached hydrogens (tertiary/aromatic N) is 3. The van der Waals surface area contributed by atoms with Crippen LogP contribution in [0, 0.1) is 0 Å². The van der Waals surface area contributed by atoms with Gasteiger partial charge in [-0.1, -0.05) is 54.6 Å². The zero-order valence-electron chi connectivity index (χ0n) is 20.8. The van der Waals surface area contributed by atoms with E-state index in [0.29, 0.717) is 5.89 Å². The Hall–Kier alpha value is -5.00. The molecule has 8 rings (SSSR count). The molecule has 39 heavy (non-hydrogen) atoms. The number of oxazole rings is 1. The van der Waals surface area contributed by atoms with Crippen molar-refractivity contribution in [1.82, 2.24) is 14.5 Å². The van der Waals surface area contributed by atoms with Gasteiger partial charge in [-0.15, -0.1) is 11.3 Å². The Labute approximate surface area is 228 Å². The molecule has 0 amide bonds. The lowest BCUT2D eigenvalue weighted by atomic mass is 10.0. The van der Waals surface area contributed by atoms with Gasteiger partial charge in [-0.25, -0.2) is 4.98 Å². The first-order valence-electron chi connectivity index (χ1n) is 12.8. The first-order valence-corrected chi connectivity index (χ1v) is 13.7. The molecule has 0 aliphatic heterocycles. The van der Waals surface area contributed by atoms with Gasteiger partial charge < -0.3 is 8.98 Å². The molecule has 0 spiro atoms. The number of hydrogen-bond acceptors (Lipinski definition) is 4. The lowest BCUT2D eigenvalue weighted by Gasteiger charge is -2.14. The van der Waals surface area contributed by atoms with Crippen molar-refractivity contribution >= 4 is 44.2 Å². The van der Waals surface area contributed by atoms with Gasteiger partial charge in [0.05, 0.1) is 16.7 Å². The van der Waals surface area contributed by atoms with Gasteiger partial charge in [0.1, 0.15) is 5.52 Å². The van der Waals surface area contributed by atoms with Crippen LogP contribution in [0.3, 0.4) is 0 Å². The normalized spacial score (nSPS) is 11.6. The molecule has 0 saturated heterocycles. The molecule has 4 nitrogen and oxygen atoms in total. The minimum absolute atomic E-state index is 0.622. The number of pyridine rings is 1. The monoisotopic (exact) mass is 519 g/mol. The van der Waals surface area contributed by atoms with E-state index in [0.717, 1.165) is 44.6 Å². The highest BCUT2D eigenvalue weighted by Gasteiger charge is 2.17. The topological polar surface area (TPSA) is 43.9 Å². The first-order chi connectivity index (χ1) is 19.3. The number of thiophene rings is 1. The van der Waals surface area contributed by atoms with E-state index in [-0.39, 0.29) is 0 Å². The summed E-state index contributed by atoms with van der Waals surface area (Å²) in [6.07, 6.45) is 1.85. The number of fused-ring (bicyclic) bond motifs is 4. The van der Waals surface area contributed by atoms with Gasteiger partial charge in [-0.2, -0.15) is 0 Å². The Morgan fingerprint density at radius 2 is 1.54 bits per heavy atom. The van der Waals surface area contributed by atoms with Gasteiger partial charge in [0.15, 0.2) is 5.58 Å². The van der Waals surface area contributed by atoms with Crippen LogP contribution in [0.5, 0.6) is 0 Å². The molecule has 0 radical (unpaired) electrons. The fraction of sp³-hybridized carbons (Fsp3) is 0. The molecule has 5 heteroatoms. The van der Waals surface area contributed by atoms with E-state index in [1.165, 1.54) is 21.2 Å². The maximum absolute atomic E-state index is 6.13. The Morgan fingerprint density at radius 1 is 0.667 bits per heavy atom. The van der Waals surface area contributed by atoms with Crippen LogP contribution in [0.4, 0.5) is 0 Å². The standard InChI is InChI=1S/C34H21N3OS/c1-3-11-30-24(8-1)25-16-14-22(34-36-29-10-2-4-12-32(29)38-34)20-31(25)37(30)23-15-17-26(33-13-7-19-39-33)27(21-23)28-9-5-6-18-35-28/h1-21H. The van der Waals surface area contributed by atoms with Crippen molar-refractivity contribution in [3.05, 3.63) is 127 Å². The SMILES string of the molecule is c1ccc(-c2cc(-n3c4ccccc4c4ccc(-c5nc6ccccc6o5)cc43)ccc2-c2cccs2)nc1. The molecule has 184 valence electrons. The van der Waals surface area contributed by atoms with E-state index in [4.69, 9.17) is 14.4 Å². The van der Waals surface area contributed by atoms with Crippen LogP contribution >= 0.6 is 11.3 Å². The van der Waals surface area contributed by atoms with Gasteiger partial charge in [0.2, 0.25) is 5.89 Å². The maximum Gasteiger partial charge on any atom is 0.227 e. The van der Waals surface area contributed by atoms with Crippen molar-refractivity contribution < 1.29 is 4.42 Å². The van der Waals surface area contributed by atoms with Crippen LogP contribution in [0.15, 0.2) is 131 Å². The second-order valence-electron chi connectivity index (χ2n) is 9.49. The number of benzene rings is 4.